The molecule has 2 aromatic rings. The van der Waals surface area contributed by atoms with Gasteiger partial charge in [0, 0.05) is 19.0 Å². The van der Waals surface area contributed by atoms with Crippen molar-refractivity contribution in [2.24, 2.45) is 7.05 Å². The molecule has 0 aromatic carbocycles. The summed E-state index contributed by atoms with van der Waals surface area (Å²) in [6.07, 6.45) is -4.91. The van der Waals surface area contributed by atoms with Crippen LogP contribution in [-0.2, 0) is 22.8 Å². The van der Waals surface area contributed by atoms with E-state index in [0.717, 1.165) is 16.0 Å². The fraction of sp³-hybridized carbons (Fsp3) is 0.500. The van der Waals surface area contributed by atoms with E-state index in [2.05, 4.69) is 5.10 Å². The number of carboxylic acid groups (broad SMARTS) is 1. The monoisotopic (exact) mass is 377 g/mol. The number of aryl methyl sites for hydroxylation is 1. The number of carbonyl (C=O) groups is 2. The van der Waals surface area contributed by atoms with Gasteiger partial charge in [0.1, 0.15) is 4.83 Å². The van der Waals surface area contributed by atoms with Crippen molar-refractivity contribution in [3.8, 4) is 0 Å². The molecule has 2 aromatic heterocycles. The molecule has 1 fully saturated rings. The van der Waals surface area contributed by atoms with Crippen molar-refractivity contribution in [1.29, 1.82) is 0 Å². The topological polar surface area (TPSA) is 84.7 Å². The zero-order valence-electron chi connectivity index (χ0n) is 13.0. The average molecular weight is 377 g/mol. The van der Waals surface area contributed by atoms with Crippen LogP contribution >= 0.6 is 11.3 Å². The minimum absolute atomic E-state index is 0.0816. The highest BCUT2D eigenvalue weighted by atomic mass is 32.1. The minimum atomic E-state index is -4.62. The number of fused-ring (bicyclic) bond motifs is 1. The molecule has 3 heterocycles. The van der Waals surface area contributed by atoms with E-state index < -0.39 is 29.8 Å². The van der Waals surface area contributed by atoms with Crippen LogP contribution in [0.3, 0.4) is 0 Å². The van der Waals surface area contributed by atoms with E-state index >= 15 is 0 Å². The van der Waals surface area contributed by atoms with Gasteiger partial charge < -0.3 is 14.7 Å². The van der Waals surface area contributed by atoms with Crippen LogP contribution in [0.5, 0.6) is 0 Å². The summed E-state index contributed by atoms with van der Waals surface area (Å²) in [6, 6.07) is 0.523. The zero-order chi connectivity index (χ0) is 18.4. The van der Waals surface area contributed by atoms with Gasteiger partial charge >= 0.3 is 12.1 Å². The molecule has 0 aliphatic carbocycles. The quantitative estimate of drug-likeness (QED) is 0.884. The molecule has 11 heteroatoms. The second-order valence-electron chi connectivity index (χ2n) is 5.62. The van der Waals surface area contributed by atoms with Gasteiger partial charge in [-0.3, -0.25) is 14.3 Å². The van der Waals surface area contributed by atoms with Crippen LogP contribution in [-0.4, -0.2) is 57.5 Å². The third kappa shape index (κ3) is 3.33. The number of aliphatic carboxylic acids is 1. The Morgan fingerprint density at radius 1 is 1.48 bits per heavy atom. The first kappa shape index (κ1) is 17.7. The Hall–Kier alpha value is -2.14. The number of ether oxygens (including phenoxy) is 1. The van der Waals surface area contributed by atoms with Crippen LogP contribution in [0.4, 0.5) is 13.2 Å². The first-order chi connectivity index (χ1) is 11.7. The van der Waals surface area contributed by atoms with Crippen molar-refractivity contribution in [2.45, 2.75) is 18.6 Å². The number of thiophene rings is 1. The first-order valence-corrected chi connectivity index (χ1v) is 8.14. The Morgan fingerprint density at radius 2 is 2.20 bits per heavy atom. The smallest absolute Gasteiger partial charge is 0.435 e. The zero-order valence-corrected chi connectivity index (χ0v) is 13.9. The molecule has 1 N–H and O–H groups in total. The largest absolute Gasteiger partial charge is 0.481 e. The Kier molecular flexibility index (Phi) is 4.45. The maximum absolute atomic E-state index is 13.1. The van der Waals surface area contributed by atoms with Crippen LogP contribution in [0, 0.1) is 0 Å². The standard InChI is InChI=1S/C14H14F3N3O4S/c1-19-13-8(11(18-19)14(15,16)17)5-9(25-13)12(23)20-2-3-24-6-7(20)4-10(21)22/h5,7H,2-4,6H2,1H3,(H,21,22)/t7-/m1/s1. The lowest BCUT2D eigenvalue weighted by Gasteiger charge is -2.34. The lowest BCUT2D eigenvalue weighted by molar-refractivity contribution is -0.140. The van der Waals surface area contributed by atoms with Gasteiger partial charge in [0.2, 0.25) is 0 Å². The van der Waals surface area contributed by atoms with Gasteiger partial charge in [-0.15, -0.1) is 11.3 Å². The highest BCUT2D eigenvalue weighted by Gasteiger charge is 2.38. The Bertz CT molecular complexity index is 829. The van der Waals surface area contributed by atoms with E-state index in [1.165, 1.54) is 18.0 Å². The molecular weight excluding hydrogens is 363 g/mol. The molecule has 7 nitrogen and oxygen atoms in total. The van der Waals surface area contributed by atoms with Crippen molar-refractivity contribution in [3.63, 3.8) is 0 Å². The maximum Gasteiger partial charge on any atom is 0.435 e. The van der Waals surface area contributed by atoms with Crippen molar-refractivity contribution < 1.29 is 32.6 Å². The normalized spacial score (nSPS) is 18.7. The van der Waals surface area contributed by atoms with Crippen molar-refractivity contribution in [3.05, 3.63) is 16.6 Å². The Morgan fingerprint density at radius 3 is 2.84 bits per heavy atom. The van der Waals surface area contributed by atoms with Gasteiger partial charge in [-0.25, -0.2) is 0 Å². The van der Waals surface area contributed by atoms with Crippen LogP contribution < -0.4 is 0 Å². The molecule has 1 aliphatic rings. The molecule has 136 valence electrons. The van der Waals surface area contributed by atoms with Gasteiger partial charge in [0.05, 0.1) is 30.6 Å². The number of amides is 1. The number of carboxylic acids is 1. The van der Waals surface area contributed by atoms with Crippen molar-refractivity contribution in [1.82, 2.24) is 14.7 Å². The predicted octanol–water partition coefficient (Wildman–Crippen LogP) is 1.97. The summed E-state index contributed by atoms with van der Waals surface area (Å²) in [6.45, 7) is 0.524. The highest BCUT2D eigenvalue weighted by Crippen LogP contribution is 2.37. The summed E-state index contributed by atoms with van der Waals surface area (Å²) in [5, 5.41) is 12.3. The summed E-state index contributed by atoms with van der Waals surface area (Å²) in [4.78, 5) is 25.4. The van der Waals surface area contributed by atoms with Crippen LogP contribution in [0.15, 0.2) is 6.07 Å². The summed E-state index contributed by atoms with van der Waals surface area (Å²) in [5.74, 6) is -1.57. The van der Waals surface area contributed by atoms with E-state index in [0.29, 0.717) is 0 Å². The van der Waals surface area contributed by atoms with Crippen LogP contribution in [0.25, 0.3) is 10.2 Å². The Balaban J connectivity index is 1.95. The summed E-state index contributed by atoms with van der Waals surface area (Å²) < 4.78 is 45.5. The molecule has 0 radical (unpaired) electrons. The molecule has 1 aliphatic heterocycles. The van der Waals surface area contributed by atoms with Gasteiger partial charge in [-0.1, -0.05) is 0 Å². The highest BCUT2D eigenvalue weighted by molar-refractivity contribution is 7.20. The van der Waals surface area contributed by atoms with E-state index in [1.807, 2.05) is 0 Å². The van der Waals surface area contributed by atoms with E-state index in [1.54, 1.807) is 0 Å². The fourth-order valence-corrected chi connectivity index (χ4v) is 3.82. The van der Waals surface area contributed by atoms with Crippen molar-refractivity contribution >= 4 is 33.4 Å². The van der Waals surface area contributed by atoms with E-state index in [-0.39, 0.29) is 41.3 Å². The van der Waals surface area contributed by atoms with E-state index in [9.17, 15) is 22.8 Å². The molecule has 25 heavy (non-hydrogen) atoms. The number of morpholine rings is 1. The number of carbonyl (C=O) groups excluding carboxylic acids is 1. The second-order valence-corrected chi connectivity index (χ2v) is 6.66. The molecule has 0 saturated carbocycles. The number of aromatic nitrogens is 2. The maximum atomic E-state index is 13.1. The van der Waals surface area contributed by atoms with Crippen LogP contribution in [0.1, 0.15) is 21.8 Å². The molecule has 1 saturated heterocycles. The molecule has 1 amide bonds. The van der Waals surface area contributed by atoms with E-state index in [4.69, 9.17) is 9.84 Å². The minimum Gasteiger partial charge on any atom is -0.481 e. The molecular formula is C14H14F3N3O4S. The number of halogens is 3. The third-order valence-electron chi connectivity index (χ3n) is 3.89. The number of hydrogen-bond acceptors (Lipinski definition) is 5. The van der Waals surface area contributed by atoms with Crippen LogP contribution in [0.2, 0.25) is 0 Å². The van der Waals surface area contributed by atoms with Gasteiger partial charge in [-0.05, 0) is 6.07 Å². The third-order valence-corrected chi connectivity index (χ3v) is 5.08. The summed E-state index contributed by atoms with van der Waals surface area (Å²) in [5.41, 5.74) is -1.04. The Labute approximate surface area is 143 Å². The number of alkyl halides is 3. The number of rotatable bonds is 3. The predicted molar refractivity (Wildman–Crippen MR) is 81.5 cm³/mol. The average Bonchev–Trinajstić information content (AvgIpc) is 3.07. The molecule has 0 bridgehead atoms. The number of nitrogens with zero attached hydrogens (tertiary/aromatic N) is 3. The lowest BCUT2D eigenvalue weighted by Crippen LogP contribution is -2.49. The first-order valence-electron chi connectivity index (χ1n) is 7.32. The summed E-state index contributed by atoms with van der Waals surface area (Å²) >= 11 is 0.905. The summed E-state index contributed by atoms with van der Waals surface area (Å²) in [7, 11) is 1.38. The van der Waals surface area contributed by atoms with Gasteiger partial charge in [-0.2, -0.15) is 18.3 Å². The van der Waals surface area contributed by atoms with Gasteiger partial charge in [0.25, 0.3) is 5.91 Å². The fourth-order valence-electron chi connectivity index (χ4n) is 2.79. The lowest BCUT2D eigenvalue weighted by atomic mass is 10.1. The molecule has 0 spiro atoms. The number of hydrogen-bond donors (Lipinski definition) is 1. The molecule has 3 rings (SSSR count). The molecule has 1 atom stereocenters. The SMILES string of the molecule is Cn1nc(C(F)(F)F)c2cc(C(=O)N3CCOC[C@H]3CC(=O)O)sc21. The second kappa shape index (κ2) is 6.30. The van der Waals surface area contributed by atoms with Crippen molar-refractivity contribution in [2.75, 3.05) is 19.8 Å². The van der Waals surface area contributed by atoms with Gasteiger partial charge in [0.15, 0.2) is 5.69 Å². The molecule has 0 unspecified atom stereocenters.